The van der Waals surface area contributed by atoms with Gasteiger partial charge < -0.3 is 4.74 Å². The van der Waals surface area contributed by atoms with Crippen molar-refractivity contribution in [1.82, 2.24) is 5.43 Å². The maximum Gasteiger partial charge on any atom is 0.132 e. The maximum absolute atomic E-state index is 6.73. The van der Waals surface area contributed by atoms with Crippen LogP contribution >= 0.6 is 11.8 Å². The fourth-order valence-corrected chi connectivity index (χ4v) is 8.43. The monoisotopic (exact) mass is 572 g/mol. The lowest BCUT2D eigenvalue weighted by atomic mass is 9.66. The van der Waals surface area contributed by atoms with Gasteiger partial charge in [0, 0.05) is 22.6 Å². The first-order valence-electron chi connectivity index (χ1n) is 14.9. The minimum Gasteiger partial charge on any atom is -0.457 e. The lowest BCUT2D eigenvalue weighted by molar-refractivity contribution is 0.436. The minimum atomic E-state index is -0.426. The fraction of sp³-hybridized carbons (Fsp3) is 0.103. The van der Waals surface area contributed by atoms with Gasteiger partial charge in [-0.05, 0) is 51.9 Å². The van der Waals surface area contributed by atoms with Crippen molar-refractivity contribution in [2.45, 2.75) is 17.2 Å². The Labute approximate surface area is 255 Å². The highest BCUT2D eigenvalue weighted by atomic mass is 32.2. The highest BCUT2D eigenvalue weighted by Crippen LogP contribution is 2.62. The number of hydrazone groups is 1. The summed E-state index contributed by atoms with van der Waals surface area (Å²) >= 11 is 1.82. The van der Waals surface area contributed by atoms with E-state index >= 15 is 0 Å². The van der Waals surface area contributed by atoms with E-state index in [2.05, 4.69) is 144 Å². The van der Waals surface area contributed by atoms with Crippen LogP contribution in [0.5, 0.6) is 11.5 Å². The first-order valence-corrected chi connectivity index (χ1v) is 15.7. The van der Waals surface area contributed by atoms with Gasteiger partial charge in [-0.25, -0.2) is 0 Å². The number of nitrogens with one attached hydrogen (secondary N) is 1. The quantitative estimate of drug-likeness (QED) is 0.229. The van der Waals surface area contributed by atoms with E-state index in [9.17, 15) is 0 Å². The molecule has 2 aliphatic carbocycles. The number of para-hydroxylation sites is 1. The molecule has 0 saturated heterocycles. The number of rotatable bonds is 3. The van der Waals surface area contributed by atoms with Crippen LogP contribution in [0.3, 0.4) is 0 Å². The second kappa shape index (κ2) is 9.62. The van der Waals surface area contributed by atoms with Crippen LogP contribution < -0.4 is 10.2 Å². The molecule has 0 radical (unpaired) electrons. The summed E-state index contributed by atoms with van der Waals surface area (Å²) in [7, 11) is 0. The van der Waals surface area contributed by atoms with Gasteiger partial charge in [0.25, 0.3) is 0 Å². The highest BCUT2D eigenvalue weighted by Gasteiger charge is 2.50. The lowest BCUT2D eigenvalue weighted by Crippen LogP contribution is -2.32. The molecule has 0 bridgehead atoms. The molecular weight excluding hydrogens is 545 g/mol. The first kappa shape index (κ1) is 24.8. The summed E-state index contributed by atoms with van der Waals surface area (Å²) in [6.07, 6.45) is 7.94. The van der Waals surface area contributed by atoms with Crippen LogP contribution in [0.2, 0.25) is 0 Å². The summed E-state index contributed by atoms with van der Waals surface area (Å²) < 4.78 is 6.73. The van der Waals surface area contributed by atoms with Gasteiger partial charge in [-0.2, -0.15) is 5.10 Å². The van der Waals surface area contributed by atoms with Crippen molar-refractivity contribution < 1.29 is 4.74 Å². The second-order valence-corrected chi connectivity index (χ2v) is 12.7. The van der Waals surface area contributed by atoms with E-state index < -0.39 is 5.41 Å². The lowest BCUT2D eigenvalue weighted by Gasteiger charge is -2.39. The average Bonchev–Trinajstić information content (AvgIpc) is 3.68. The molecule has 2 atom stereocenters. The maximum atomic E-state index is 6.73. The molecule has 9 rings (SSSR count). The minimum absolute atomic E-state index is 0.200. The topological polar surface area (TPSA) is 33.6 Å². The van der Waals surface area contributed by atoms with Crippen molar-refractivity contribution >= 4 is 22.4 Å². The summed E-state index contributed by atoms with van der Waals surface area (Å²) in [5, 5.41) is 5.93. The van der Waals surface area contributed by atoms with Crippen molar-refractivity contribution in [3.63, 3.8) is 0 Å². The van der Waals surface area contributed by atoms with E-state index in [4.69, 9.17) is 4.74 Å². The van der Waals surface area contributed by atoms with Crippen LogP contribution in [0.15, 0.2) is 145 Å². The van der Waals surface area contributed by atoms with Crippen LogP contribution in [0, 0.1) is 5.92 Å². The Morgan fingerprint density at radius 2 is 1.35 bits per heavy atom. The molecular formula is C39H28N2OS. The smallest absolute Gasteiger partial charge is 0.132 e. The van der Waals surface area contributed by atoms with Crippen molar-refractivity contribution in [3.05, 3.63) is 173 Å². The Balaban J connectivity index is 1.13. The third kappa shape index (κ3) is 3.66. The standard InChI is InChI=1S/C39H28N2OS/c1-2-11-25(12-3-1)37-40-41-38(43-37)28-14-10-13-26(23-28)27-21-22-34-36(24-27)42-35-20-9-8-19-33(35)39(34)31-17-6-4-15-29(31)30-16-5-7-18-32(30)39/h1-13,15-24,28,38,41H,14H2. The molecule has 4 heteroatoms. The molecule has 2 aliphatic heterocycles. The van der Waals surface area contributed by atoms with Gasteiger partial charge in [-0.3, -0.25) is 5.43 Å². The fourth-order valence-electron chi connectivity index (χ4n) is 7.34. The molecule has 0 aromatic heterocycles. The number of nitrogens with zero attached hydrogens (tertiary/aromatic N) is 1. The molecule has 3 nitrogen and oxygen atoms in total. The van der Waals surface area contributed by atoms with Crippen molar-refractivity contribution in [1.29, 1.82) is 0 Å². The molecule has 2 unspecified atom stereocenters. The molecule has 4 aliphatic rings. The van der Waals surface area contributed by atoms with Gasteiger partial charge in [0.05, 0.1) is 5.41 Å². The van der Waals surface area contributed by atoms with Crippen molar-refractivity contribution in [3.8, 4) is 22.6 Å². The summed E-state index contributed by atoms with van der Waals surface area (Å²) in [6.45, 7) is 0. The molecule has 5 aromatic carbocycles. The van der Waals surface area contributed by atoms with E-state index in [0.29, 0.717) is 5.92 Å². The number of ether oxygens (including phenoxy) is 1. The molecule has 0 fully saturated rings. The zero-order valence-corrected chi connectivity index (χ0v) is 24.2. The molecule has 206 valence electrons. The number of benzene rings is 5. The van der Waals surface area contributed by atoms with Crippen molar-refractivity contribution in [2.24, 2.45) is 11.0 Å². The summed E-state index contributed by atoms with van der Waals surface area (Å²) in [5.74, 6) is 2.16. The van der Waals surface area contributed by atoms with Crippen LogP contribution in [-0.2, 0) is 5.41 Å². The van der Waals surface area contributed by atoms with E-state index in [1.165, 1.54) is 44.5 Å². The average molecular weight is 573 g/mol. The summed E-state index contributed by atoms with van der Waals surface area (Å²) in [5.41, 5.74) is 14.1. The zero-order valence-electron chi connectivity index (χ0n) is 23.4. The van der Waals surface area contributed by atoms with E-state index in [1.54, 1.807) is 0 Å². The van der Waals surface area contributed by atoms with Crippen LogP contribution in [0.25, 0.3) is 16.7 Å². The number of fused-ring (bicyclic) bond motifs is 9. The SMILES string of the molecule is C1=CC(c2ccc3c(c2)Oc2ccccc2C32c3ccccc3-c3ccccc32)=CC(C2NN=C(c3ccccc3)S2)C1. The third-order valence-electron chi connectivity index (χ3n) is 9.22. The molecule has 5 aromatic rings. The number of hydrogen-bond acceptors (Lipinski definition) is 4. The Morgan fingerprint density at radius 1 is 0.674 bits per heavy atom. The van der Waals surface area contributed by atoms with Crippen LogP contribution in [-0.4, -0.2) is 10.4 Å². The van der Waals surface area contributed by atoms with Gasteiger partial charge in [0.1, 0.15) is 21.9 Å². The predicted octanol–water partition coefficient (Wildman–Crippen LogP) is 9.14. The molecule has 43 heavy (non-hydrogen) atoms. The number of allylic oxidation sites excluding steroid dienone is 3. The zero-order chi connectivity index (χ0) is 28.4. The normalized spacial score (nSPS) is 20.2. The van der Waals surface area contributed by atoms with Gasteiger partial charge in [0.2, 0.25) is 0 Å². The van der Waals surface area contributed by atoms with E-state index in [-0.39, 0.29) is 5.37 Å². The summed E-state index contributed by atoms with van der Waals surface area (Å²) in [4.78, 5) is 0. The molecule has 2 heterocycles. The molecule has 0 amide bonds. The molecule has 0 saturated carbocycles. The first-order chi connectivity index (χ1) is 21.3. The molecule has 1 spiro atoms. The van der Waals surface area contributed by atoms with E-state index in [0.717, 1.165) is 28.5 Å². The van der Waals surface area contributed by atoms with Gasteiger partial charge in [-0.1, -0.05) is 139 Å². The largest absolute Gasteiger partial charge is 0.457 e. The third-order valence-corrected chi connectivity index (χ3v) is 10.5. The highest BCUT2D eigenvalue weighted by molar-refractivity contribution is 8.15. The van der Waals surface area contributed by atoms with Crippen molar-refractivity contribution in [2.75, 3.05) is 0 Å². The second-order valence-electron chi connectivity index (χ2n) is 11.5. The Morgan fingerprint density at radius 3 is 2.14 bits per heavy atom. The van der Waals surface area contributed by atoms with E-state index in [1.807, 2.05) is 17.8 Å². The Kier molecular flexibility index (Phi) is 5.54. The Hall–Kier alpha value is -4.80. The Bertz CT molecular complexity index is 1960. The summed E-state index contributed by atoms with van der Waals surface area (Å²) in [6, 6.07) is 43.5. The van der Waals surface area contributed by atoms with Gasteiger partial charge in [-0.15, -0.1) is 0 Å². The number of hydrogen-bond donors (Lipinski definition) is 1. The van der Waals surface area contributed by atoms with Gasteiger partial charge in [0.15, 0.2) is 0 Å². The van der Waals surface area contributed by atoms with Crippen LogP contribution in [0.1, 0.15) is 39.8 Å². The van der Waals surface area contributed by atoms with Crippen LogP contribution in [0.4, 0.5) is 0 Å². The molecule has 1 N–H and O–H groups in total. The predicted molar refractivity (Wildman–Crippen MR) is 177 cm³/mol. The van der Waals surface area contributed by atoms with Gasteiger partial charge >= 0.3 is 0 Å². The number of thioether (sulfide) groups is 1.